The molecule has 0 saturated heterocycles. The van der Waals surface area contributed by atoms with Gasteiger partial charge >= 0.3 is 5.97 Å². The summed E-state index contributed by atoms with van der Waals surface area (Å²) in [5.74, 6) is 0.336. The second-order valence-electron chi connectivity index (χ2n) is 4.02. The molecule has 0 atom stereocenters. The van der Waals surface area contributed by atoms with E-state index in [4.69, 9.17) is 5.11 Å². The van der Waals surface area contributed by atoms with Crippen LogP contribution in [-0.2, 0) is 17.1 Å². The molecule has 19 heavy (non-hydrogen) atoms. The number of nitrogens with zero attached hydrogens (tertiary/aromatic N) is 7. The number of rotatable bonds is 6. The minimum absolute atomic E-state index is 0.216. The molecule has 0 aliphatic carbocycles. The average Bonchev–Trinajstić information content (AvgIpc) is 2.94. The Morgan fingerprint density at radius 1 is 1.53 bits per heavy atom. The van der Waals surface area contributed by atoms with E-state index in [0.29, 0.717) is 10.9 Å². The van der Waals surface area contributed by atoms with Gasteiger partial charge in [-0.25, -0.2) is 14.3 Å². The summed E-state index contributed by atoms with van der Waals surface area (Å²) in [6.07, 6.45) is 1.50. The molecule has 2 aromatic rings. The van der Waals surface area contributed by atoms with Gasteiger partial charge < -0.3 is 5.11 Å². The first-order valence-corrected chi connectivity index (χ1v) is 6.55. The van der Waals surface area contributed by atoms with Crippen LogP contribution in [0.2, 0.25) is 0 Å². The van der Waals surface area contributed by atoms with Crippen LogP contribution in [0, 0.1) is 0 Å². The normalized spacial score (nSPS) is 11.1. The van der Waals surface area contributed by atoms with Crippen LogP contribution in [0.25, 0.3) is 0 Å². The lowest BCUT2D eigenvalue weighted by molar-refractivity contribution is -0.138. The van der Waals surface area contributed by atoms with E-state index in [1.54, 1.807) is 4.68 Å². The van der Waals surface area contributed by atoms with Gasteiger partial charge in [-0.1, -0.05) is 11.8 Å². The predicted molar refractivity (Wildman–Crippen MR) is 65.4 cm³/mol. The number of carboxylic acid groups (broad SMARTS) is 1. The molecule has 0 aliphatic heterocycles. The van der Waals surface area contributed by atoms with Crippen LogP contribution in [0.1, 0.15) is 25.7 Å². The molecule has 0 unspecified atom stereocenters. The number of aromatic nitrogens is 7. The minimum atomic E-state index is -0.987. The molecule has 2 aromatic heterocycles. The van der Waals surface area contributed by atoms with Gasteiger partial charge in [0.05, 0.1) is 5.75 Å². The Morgan fingerprint density at radius 2 is 2.32 bits per heavy atom. The molecule has 0 aromatic carbocycles. The molecule has 0 saturated carbocycles. The van der Waals surface area contributed by atoms with Gasteiger partial charge in [0.25, 0.3) is 0 Å². The van der Waals surface area contributed by atoms with E-state index in [9.17, 15) is 4.79 Å². The van der Waals surface area contributed by atoms with Gasteiger partial charge in [-0.15, -0.1) is 5.10 Å². The fraction of sp³-hybridized carbons (Fsp3) is 0.556. The number of aliphatic carboxylic acids is 1. The number of thioether (sulfide) groups is 1. The highest BCUT2D eigenvalue weighted by Gasteiger charge is 2.13. The number of tetrazole rings is 1. The molecule has 1 N–H and O–H groups in total. The van der Waals surface area contributed by atoms with Crippen molar-refractivity contribution in [3.8, 4) is 0 Å². The summed E-state index contributed by atoms with van der Waals surface area (Å²) >= 11 is 1.33. The van der Waals surface area contributed by atoms with Gasteiger partial charge in [-0.3, -0.25) is 4.79 Å². The Morgan fingerprint density at radius 3 is 3.00 bits per heavy atom. The largest absolute Gasteiger partial charge is 0.480 e. The molecule has 0 amide bonds. The number of hydrogen-bond acceptors (Lipinski definition) is 7. The molecule has 2 heterocycles. The molecule has 2 rings (SSSR count). The molecule has 0 radical (unpaired) electrons. The van der Waals surface area contributed by atoms with Crippen LogP contribution >= 0.6 is 11.8 Å². The molecule has 9 nitrogen and oxygen atoms in total. The van der Waals surface area contributed by atoms with Crippen LogP contribution in [0.4, 0.5) is 0 Å². The summed E-state index contributed by atoms with van der Waals surface area (Å²) in [5.41, 5.74) is 0. The molecule has 10 heteroatoms. The average molecular weight is 283 g/mol. The third-order valence-electron chi connectivity index (χ3n) is 2.25. The maximum Gasteiger partial charge on any atom is 0.325 e. The van der Waals surface area contributed by atoms with Gasteiger partial charge in [0, 0.05) is 6.04 Å². The summed E-state index contributed by atoms with van der Waals surface area (Å²) < 4.78 is 3.04. The van der Waals surface area contributed by atoms with E-state index in [1.165, 1.54) is 22.8 Å². The molecule has 0 bridgehead atoms. The number of carbonyl (C=O) groups is 1. The maximum absolute atomic E-state index is 10.6. The minimum Gasteiger partial charge on any atom is -0.480 e. The van der Waals surface area contributed by atoms with Crippen molar-refractivity contribution >= 4 is 17.7 Å². The first kappa shape index (κ1) is 13.5. The molecule has 0 aliphatic rings. The predicted octanol–water partition coefficient (Wildman–Crippen LogP) is 0.222. The lowest BCUT2D eigenvalue weighted by Gasteiger charge is -2.08. The van der Waals surface area contributed by atoms with Crippen molar-refractivity contribution in [1.29, 1.82) is 0 Å². The summed E-state index contributed by atoms with van der Waals surface area (Å²) in [7, 11) is 0. The van der Waals surface area contributed by atoms with Crippen LogP contribution < -0.4 is 0 Å². The smallest absolute Gasteiger partial charge is 0.325 e. The van der Waals surface area contributed by atoms with Crippen molar-refractivity contribution in [2.75, 3.05) is 0 Å². The van der Waals surface area contributed by atoms with Crippen LogP contribution in [0.3, 0.4) is 0 Å². The van der Waals surface area contributed by atoms with E-state index >= 15 is 0 Å². The summed E-state index contributed by atoms with van der Waals surface area (Å²) in [4.78, 5) is 14.8. The van der Waals surface area contributed by atoms with Gasteiger partial charge in [0.15, 0.2) is 0 Å². The van der Waals surface area contributed by atoms with Crippen molar-refractivity contribution in [3.63, 3.8) is 0 Å². The molecular weight excluding hydrogens is 270 g/mol. The molecular formula is C9H13N7O2S. The van der Waals surface area contributed by atoms with E-state index in [-0.39, 0.29) is 12.6 Å². The molecule has 102 valence electrons. The standard InChI is InChI=1S/C9H13N7O2S/c1-6(2)16-7(10-5-11-16)4-19-9-12-13-14-15(9)3-8(17)18/h5-6H,3-4H2,1-2H3,(H,17,18). The third kappa shape index (κ3) is 3.28. The summed E-state index contributed by atoms with van der Waals surface area (Å²) in [6.45, 7) is 3.76. The lowest BCUT2D eigenvalue weighted by atomic mass is 10.4. The highest BCUT2D eigenvalue weighted by atomic mass is 32.2. The van der Waals surface area contributed by atoms with Crippen molar-refractivity contribution in [2.24, 2.45) is 0 Å². The summed E-state index contributed by atoms with van der Waals surface area (Å²) in [6, 6.07) is 0.216. The second-order valence-corrected chi connectivity index (χ2v) is 4.96. The lowest BCUT2D eigenvalue weighted by Crippen LogP contribution is -2.12. The van der Waals surface area contributed by atoms with Crippen LogP contribution in [-0.4, -0.2) is 46.0 Å². The van der Waals surface area contributed by atoms with Gasteiger partial charge in [-0.05, 0) is 24.3 Å². The zero-order chi connectivity index (χ0) is 13.8. The van der Waals surface area contributed by atoms with Crippen molar-refractivity contribution in [2.45, 2.75) is 37.3 Å². The highest BCUT2D eigenvalue weighted by molar-refractivity contribution is 7.98. The Labute approximate surface area is 113 Å². The fourth-order valence-electron chi connectivity index (χ4n) is 1.46. The topological polar surface area (TPSA) is 112 Å². The fourth-order valence-corrected chi connectivity index (χ4v) is 2.27. The van der Waals surface area contributed by atoms with Gasteiger partial charge in [0.2, 0.25) is 5.16 Å². The zero-order valence-electron chi connectivity index (χ0n) is 10.5. The van der Waals surface area contributed by atoms with E-state index in [0.717, 1.165) is 5.82 Å². The Balaban J connectivity index is 2.04. The SMILES string of the molecule is CC(C)n1ncnc1CSc1nnnn1CC(=O)O. The van der Waals surface area contributed by atoms with Crippen molar-refractivity contribution in [1.82, 2.24) is 35.0 Å². The quantitative estimate of drug-likeness (QED) is 0.749. The highest BCUT2D eigenvalue weighted by Crippen LogP contribution is 2.19. The van der Waals surface area contributed by atoms with Gasteiger partial charge in [0.1, 0.15) is 18.7 Å². The van der Waals surface area contributed by atoms with Crippen molar-refractivity contribution in [3.05, 3.63) is 12.2 Å². The number of hydrogen-bond donors (Lipinski definition) is 1. The zero-order valence-corrected chi connectivity index (χ0v) is 11.3. The molecule has 0 spiro atoms. The maximum atomic E-state index is 10.6. The third-order valence-corrected chi connectivity index (χ3v) is 3.20. The van der Waals surface area contributed by atoms with Crippen LogP contribution in [0.5, 0.6) is 0 Å². The Hall–Kier alpha value is -1.97. The monoisotopic (exact) mass is 283 g/mol. The first-order chi connectivity index (χ1) is 9.08. The van der Waals surface area contributed by atoms with E-state index in [1.807, 2.05) is 13.8 Å². The van der Waals surface area contributed by atoms with Crippen LogP contribution in [0.15, 0.2) is 11.5 Å². The second kappa shape index (κ2) is 5.78. The van der Waals surface area contributed by atoms with Crippen molar-refractivity contribution < 1.29 is 9.90 Å². The van der Waals surface area contributed by atoms with Gasteiger partial charge in [-0.2, -0.15) is 5.10 Å². The Kier molecular flexibility index (Phi) is 4.10. The van der Waals surface area contributed by atoms with E-state index < -0.39 is 5.97 Å². The first-order valence-electron chi connectivity index (χ1n) is 5.57. The number of carboxylic acids is 1. The molecule has 0 fully saturated rings. The summed E-state index contributed by atoms with van der Waals surface area (Å²) in [5, 5.41) is 24.2. The van der Waals surface area contributed by atoms with E-state index in [2.05, 4.69) is 25.6 Å². The Bertz CT molecular complexity index is 564.